The number of aryl methyl sites for hydroxylation is 1. The number of amides is 1. The van der Waals surface area contributed by atoms with Gasteiger partial charge in [-0.3, -0.25) is 4.79 Å². The lowest BCUT2D eigenvalue weighted by Gasteiger charge is -2.21. The smallest absolute Gasteiger partial charge is 0.326 e. The quantitative estimate of drug-likeness (QED) is 0.798. The van der Waals surface area contributed by atoms with E-state index in [9.17, 15) is 9.59 Å². The fourth-order valence-corrected chi connectivity index (χ4v) is 1.05. The van der Waals surface area contributed by atoms with E-state index in [0.717, 1.165) is 4.90 Å². The van der Waals surface area contributed by atoms with Crippen molar-refractivity contribution in [3.05, 3.63) is 23.8 Å². The van der Waals surface area contributed by atoms with Crippen LogP contribution in [0.25, 0.3) is 0 Å². The van der Waals surface area contributed by atoms with E-state index in [4.69, 9.17) is 5.11 Å². The second-order valence-corrected chi connectivity index (χ2v) is 3.45. The van der Waals surface area contributed by atoms with Crippen LogP contribution in [0, 0.1) is 6.92 Å². The number of carbonyl (C=O) groups is 2. The first-order valence-corrected chi connectivity index (χ1v) is 4.72. The van der Waals surface area contributed by atoms with E-state index < -0.39 is 17.9 Å². The van der Waals surface area contributed by atoms with Crippen LogP contribution in [-0.2, 0) is 4.79 Å². The van der Waals surface area contributed by atoms with Crippen LogP contribution in [0.2, 0.25) is 0 Å². The Morgan fingerprint density at radius 1 is 1.38 bits per heavy atom. The summed E-state index contributed by atoms with van der Waals surface area (Å²) in [7, 11) is 1.43. The molecule has 0 bridgehead atoms. The summed E-state index contributed by atoms with van der Waals surface area (Å²) in [5.74, 6) is -0.899. The Morgan fingerprint density at radius 2 is 1.88 bits per heavy atom. The molecule has 0 saturated heterocycles. The second kappa shape index (κ2) is 4.69. The fraction of sp³-hybridized carbons (Fsp3) is 0.400. The Hall–Kier alpha value is -1.98. The van der Waals surface area contributed by atoms with E-state index in [1.165, 1.54) is 26.4 Å². The highest BCUT2D eigenvalue weighted by molar-refractivity contribution is 5.95. The zero-order valence-electron chi connectivity index (χ0n) is 9.34. The molecule has 1 atom stereocenters. The summed E-state index contributed by atoms with van der Waals surface area (Å²) < 4.78 is 0. The minimum absolute atomic E-state index is 0.279. The largest absolute Gasteiger partial charge is 0.480 e. The van der Waals surface area contributed by atoms with Crippen molar-refractivity contribution in [3.63, 3.8) is 0 Å². The fourth-order valence-electron chi connectivity index (χ4n) is 1.05. The lowest BCUT2D eigenvalue weighted by atomic mass is 10.2. The topological polar surface area (TPSA) is 83.4 Å². The summed E-state index contributed by atoms with van der Waals surface area (Å²) in [6.45, 7) is 3.15. The molecule has 0 saturated carbocycles. The number of carbonyl (C=O) groups excluding carboxylic acids is 1. The number of aromatic nitrogens is 2. The summed E-state index contributed by atoms with van der Waals surface area (Å²) in [6.07, 6.45) is 2.77. The van der Waals surface area contributed by atoms with Crippen molar-refractivity contribution >= 4 is 11.9 Å². The summed E-state index contributed by atoms with van der Waals surface area (Å²) in [6, 6.07) is -0.881. The number of likely N-dealkylation sites (N-methyl/N-ethyl adjacent to an activating group) is 1. The van der Waals surface area contributed by atoms with Gasteiger partial charge in [0.1, 0.15) is 11.9 Å². The van der Waals surface area contributed by atoms with Crippen molar-refractivity contribution in [3.8, 4) is 0 Å². The Kier molecular flexibility index (Phi) is 3.55. The van der Waals surface area contributed by atoms with Gasteiger partial charge in [0.2, 0.25) is 0 Å². The van der Waals surface area contributed by atoms with Gasteiger partial charge in [0, 0.05) is 19.4 Å². The Labute approximate surface area is 92.9 Å². The first-order chi connectivity index (χ1) is 7.43. The minimum atomic E-state index is -1.05. The third-order valence-electron chi connectivity index (χ3n) is 2.29. The zero-order valence-corrected chi connectivity index (χ0v) is 9.34. The first-order valence-electron chi connectivity index (χ1n) is 4.72. The van der Waals surface area contributed by atoms with Gasteiger partial charge in [0.05, 0.1) is 5.56 Å². The van der Waals surface area contributed by atoms with Crippen molar-refractivity contribution in [1.29, 1.82) is 0 Å². The number of hydrogen-bond acceptors (Lipinski definition) is 4. The number of aliphatic carboxylic acids is 1. The van der Waals surface area contributed by atoms with E-state index in [1.54, 1.807) is 6.92 Å². The minimum Gasteiger partial charge on any atom is -0.480 e. The zero-order chi connectivity index (χ0) is 12.3. The van der Waals surface area contributed by atoms with Crippen molar-refractivity contribution in [2.45, 2.75) is 19.9 Å². The molecule has 16 heavy (non-hydrogen) atoms. The first kappa shape index (κ1) is 12.1. The number of carboxylic acid groups (broad SMARTS) is 1. The van der Waals surface area contributed by atoms with Gasteiger partial charge in [-0.15, -0.1) is 0 Å². The maximum Gasteiger partial charge on any atom is 0.326 e. The van der Waals surface area contributed by atoms with Crippen LogP contribution in [0.5, 0.6) is 0 Å². The van der Waals surface area contributed by atoms with Crippen LogP contribution in [-0.4, -0.2) is 44.9 Å². The van der Waals surface area contributed by atoms with Crippen molar-refractivity contribution < 1.29 is 14.7 Å². The molecule has 0 radical (unpaired) electrons. The maximum absolute atomic E-state index is 11.8. The Bertz CT molecular complexity index is 402. The van der Waals surface area contributed by atoms with E-state index in [1.807, 2.05) is 0 Å². The van der Waals surface area contributed by atoms with E-state index >= 15 is 0 Å². The molecular formula is C10H13N3O3. The normalized spacial score (nSPS) is 11.9. The molecule has 6 heteroatoms. The summed E-state index contributed by atoms with van der Waals surface area (Å²) in [5.41, 5.74) is 0.279. The third kappa shape index (κ3) is 2.53. The summed E-state index contributed by atoms with van der Waals surface area (Å²) in [5, 5.41) is 8.77. The summed E-state index contributed by atoms with van der Waals surface area (Å²) >= 11 is 0. The molecule has 1 heterocycles. The predicted molar refractivity (Wildman–Crippen MR) is 56.0 cm³/mol. The second-order valence-electron chi connectivity index (χ2n) is 3.45. The van der Waals surface area contributed by atoms with Gasteiger partial charge >= 0.3 is 5.97 Å². The average Bonchev–Trinajstić information content (AvgIpc) is 2.27. The highest BCUT2D eigenvalue weighted by Gasteiger charge is 2.22. The molecule has 1 rings (SSSR count). The van der Waals surface area contributed by atoms with Gasteiger partial charge in [0.25, 0.3) is 5.91 Å². The van der Waals surface area contributed by atoms with Gasteiger partial charge in [-0.1, -0.05) is 0 Å². The number of hydrogen-bond donors (Lipinski definition) is 1. The molecule has 0 spiro atoms. The van der Waals surface area contributed by atoms with Crippen LogP contribution in [0.15, 0.2) is 12.4 Å². The van der Waals surface area contributed by atoms with Crippen LogP contribution >= 0.6 is 0 Å². The van der Waals surface area contributed by atoms with E-state index in [-0.39, 0.29) is 5.56 Å². The molecule has 1 amide bonds. The van der Waals surface area contributed by atoms with Gasteiger partial charge in [-0.2, -0.15) is 0 Å². The molecule has 0 aliphatic heterocycles. The monoisotopic (exact) mass is 223 g/mol. The standard InChI is InChI=1S/C10H13N3O3/c1-6(10(15)16)13(3)9(14)8-4-11-7(2)12-5-8/h4-6H,1-3H3,(H,15,16). The molecule has 86 valence electrons. The third-order valence-corrected chi connectivity index (χ3v) is 2.29. The molecular weight excluding hydrogens is 210 g/mol. The van der Waals surface area contributed by atoms with Crippen molar-refractivity contribution in [2.24, 2.45) is 0 Å². The molecule has 1 aromatic heterocycles. The SMILES string of the molecule is Cc1ncc(C(=O)N(C)C(C)C(=O)O)cn1. The predicted octanol–water partition coefficient (Wildman–Crippen LogP) is 0.330. The van der Waals surface area contributed by atoms with Crippen molar-refractivity contribution in [2.75, 3.05) is 7.05 Å². The van der Waals surface area contributed by atoms with E-state index in [2.05, 4.69) is 9.97 Å². The van der Waals surface area contributed by atoms with Crippen LogP contribution in [0.4, 0.5) is 0 Å². The lowest BCUT2D eigenvalue weighted by Crippen LogP contribution is -2.40. The molecule has 6 nitrogen and oxygen atoms in total. The van der Waals surface area contributed by atoms with Gasteiger partial charge < -0.3 is 10.0 Å². The van der Waals surface area contributed by atoms with Crippen LogP contribution in [0.3, 0.4) is 0 Å². The van der Waals surface area contributed by atoms with Gasteiger partial charge in [-0.05, 0) is 13.8 Å². The molecule has 0 aliphatic rings. The molecule has 0 fully saturated rings. The molecule has 0 aliphatic carbocycles. The average molecular weight is 223 g/mol. The van der Waals surface area contributed by atoms with Crippen LogP contribution in [0.1, 0.15) is 23.1 Å². The molecule has 1 unspecified atom stereocenters. The highest BCUT2D eigenvalue weighted by atomic mass is 16.4. The lowest BCUT2D eigenvalue weighted by molar-refractivity contribution is -0.141. The number of carboxylic acids is 1. The molecule has 1 aromatic rings. The van der Waals surface area contributed by atoms with Crippen molar-refractivity contribution in [1.82, 2.24) is 14.9 Å². The summed E-state index contributed by atoms with van der Waals surface area (Å²) in [4.78, 5) is 31.4. The van der Waals surface area contributed by atoms with Crippen LogP contribution < -0.4 is 0 Å². The van der Waals surface area contributed by atoms with E-state index in [0.29, 0.717) is 5.82 Å². The van der Waals surface area contributed by atoms with Gasteiger partial charge in [-0.25, -0.2) is 14.8 Å². The Balaban J connectivity index is 2.86. The number of rotatable bonds is 3. The maximum atomic E-state index is 11.8. The Morgan fingerprint density at radius 3 is 2.31 bits per heavy atom. The number of nitrogens with zero attached hydrogens (tertiary/aromatic N) is 3. The highest BCUT2D eigenvalue weighted by Crippen LogP contribution is 2.04. The molecule has 0 aromatic carbocycles. The van der Waals surface area contributed by atoms with Gasteiger partial charge in [0.15, 0.2) is 0 Å². The molecule has 1 N–H and O–H groups in total.